The molecule has 0 spiro atoms. The molecule has 3 aliphatic heterocycles. The summed E-state index contributed by atoms with van der Waals surface area (Å²) in [6, 6.07) is 8.22. The van der Waals surface area contributed by atoms with Gasteiger partial charge in [0, 0.05) is 45.4 Å². The van der Waals surface area contributed by atoms with E-state index in [-0.39, 0.29) is 36.2 Å². The van der Waals surface area contributed by atoms with E-state index in [1.54, 1.807) is 0 Å². The van der Waals surface area contributed by atoms with Gasteiger partial charge in [-0.05, 0) is 81.7 Å². The van der Waals surface area contributed by atoms with E-state index in [1.807, 2.05) is 35.8 Å². The molecule has 0 N–H and O–H groups in total. The number of carbonyl (C=O) groups is 2. The number of likely N-dealkylation sites (tertiary alicyclic amines) is 1. The number of rotatable bonds is 7. The van der Waals surface area contributed by atoms with Gasteiger partial charge >= 0.3 is 0 Å². The van der Waals surface area contributed by atoms with Gasteiger partial charge in [0.1, 0.15) is 17.6 Å². The quantitative estimate of drug-likeness (QED) is 0.546. The molecule has 5 rings (SSSR count). The van der Waals surface area contributed by atoms with Crippen molar-refractivity contribution >= 4 is 17.5 Å². The molecule has 1 aromatic carbocycles. The monoisotopic (exact) mass is 507 g/mol. The lowest BCUT2D eigenvalue weighted by molar-refractivity contribution is -0.136. The average Bonchev–Trinajstić information content (AvgIpc) is 3.47. The number of aliphatic imine (C=N–C) groups is 1. The van der Waals surface area contributed by atoms with Crippen LogP contribution in [-0.2, 0) is 14.3 Å². The molecule has 3 heterocycles. The van der Waals surface area contributed by atoms with Crippen LogP contribution in [0, 0.1) is 6.92 Å². The molecule has 200 valence electrons. The van der Waals surface area contributed by atoms with E-state index in [2.05, 4.69) is 19.1 Å². The zero-order valence-electron chi connectivity index (χ0n) is 22.6. The van der Waals surface area contributed by atoms with Crippen molar-refractivity contribution in [3.05, 3.63) is 41.0 Å². The highest BCUT2D eigenvalue weighted by molar-refractivity contribution is 6.46. The minimum Gasteiger partial charge on any atom is -0.490 e. The number of ether oxygens (including phenoxy) is 2. The summed E-state index contributed by atoms with van der Waals surface area (Å²) >= 11 is 0. The Balaban J connectivity index is 1.10. The summed E-state index contributed by atoms with van der Waals surface area (Å²) in [6.45, 7) is 8.85. The van der Waals surface area contributed by atoms with Gasteiger partial charge in [-0.3, -0.25) is 14.6 Å². The summed E-state index contributed by atoms with van der Waals surface area (Å²) in [5, 5.41) is 0. The largest absolute Gasteiger partial charge is 0.490 e. The van der Waals surface area contributed by atoms with Crippen molar-refractivity contribution in [3.63, 3.8) is 0 Å². The zero-order chi connectivity index (χ0) is 25.9. The van der Waals surface area contributed by atoms with Crippen molar-refractivity contribution in [2.45, 2.75) is 96.5 Å². The highest BCUT2D eigenvalue weighted by Crippen LogP contribution is 2.38. The molecule has 1 unspecified atom stereocenters. The SMILES string of the molecule is Cc1cccc(OC2CCN(C(=O)CCCC3N=C(C(=O)N4C[C@@H](C)O[C@@H](C)C4)C4=C3CCC4)CC2)c1. The summed E-state index contributed by atoms with van der Waals surface area (Å²) < 4.78 is 12.0. The summed E-state index contributed by atoms with van der Waals surface area (Å²) in [4.78, 5) is 35.1. The minimum atomic E-state index is 0.0488. The third-order valence-electron chi connectivity index (χ3n) is 8.10. The third-order valence-corrected chi connectivity index (χ3v) is 8.10. The Bertz CT molecular complexity index is 1060. The Hall–Kier alpha value is -2.67. The molecular formula is C30H41N3O4. The highest BCUT2D eigenvalue weighted by Gasteiger charge is 2.37. The molecule has 2 saturated heterocycles. The predicted octanol–water partition coefficient (Wildman–Crippen LogP) is 4.47. The van der Waals surface area contributed by atoms with E-state index in [1.165, 1.54) is 16.7 Å². The number of aryl methyl sites for hydroxylation is 1. The Morgan fingerprint density at radius 2 is 1.84 bits per heavy atom. The smallest absolute Gasteiger partial charge is 0.272 e. The summed E-state index contributed by atoms with van der Waals surface area (Å²) in [7, 11) is 0. The number of morpholine rings is 1. The summed E-state index contributed by atoms with van der Waals surface area (Å²) in [5.74, 6) is 1.20. The molecule has 2 amide bonds. The van der Waals surface area contributed by atoms with Crippen LogP contribution in [0.3, 0.4) is 0 Å². The van der Waals surface area contributed by atoms with Crippen LogP contribution in [0.5, 0.6) is 5.75 Å². The van der Waals surface area contributed by atoms with Crippen molar-refractivity contribution in [3.8, 4) is 5.75 Å². The second-order valence-corrected chi connectivity index (χ2v) is 11.2. The summed E-state index contributed by atoms with van der Waals surface area (Å²) in [5.41, 5.74) is 4.41. The van der Waals surface area contributed by atoms with Crippen molar-refractivity contribution < 1.29 is 19.1 Å². The number of amides is 2. The first-order valence-electron chi connectivity index (χ1n) is 14.1. The maximum absolute atomic E-state index is 13.4. The van der Waals surface area contributed by atoms with Crippen LogP contribution in [0.1, 0.15) is 70.8 Å². The number of nitrogens with zero attached hydrogens (tertiary/aromatic N) is 3. The van der Waals surface area contributed by atoms with Gasteiger partial charge in [-0.25, -0.2) is 0 Å². The number of carbonyl (C=O) groups excluding carboxylic acids is 2. The van der Waals surface area contributed by atoms with E-state index < -0.39 is 0 Å². The molecule has 1 aliphatic carbocycles. The Labute approximate surface area is 220 Å². The normalized spacial score (nSPS) is 26.4. The molecule has 0 bridgehead atoms. The zero-order valence-corrected chi connectivity index (χ0v) is 22.6. The molecule has 1 aromatic rings. The first kappa shape index (κ1) is 26.0. The lowest BCUT2D eigenvalue weighted by Crippen LogP contribution is -2.50. The van der Waals surface area contributed by atoms with Gasteiger partial charge in [-0.2, -0.15) is 0 Å². The van der Waals surface area contributed by atoms with Crippen molar-refractivity contribution in [1.82, 2.24) is 9.80 Å². The van der Waals surface area contributed by atoms with Crippen LogP contribution in [-0.4, -0.2) is 77.9 Å². The minimum absolute atomic E-state index is 0.0488. The van der Waals surface area contributed by atoms with Gasteiger partial charge in [-0.15, -0.1) is 0 Å². The second kappa shape index (κ2) is 11.4. The molecule has 0 saturated carbocycles. The topological polar surface area (TPSA) is 71.4 Å². The second-order valence-electron chi connectivity index (χ2n) is 11.2. The van der Waals surface area contributed by atoms with E-state index >= 15 is 0 Å². The van der Waals surface area contributed by atoms with Gasteiger partial charge in [0.05, 0.1) is 18.2 Å². The molecule has 0 aromatic heterocycles. The average molecular weight is 508 g/mol. The Morgan fingerprint density at radius 3 is 2.57 bits per heavy atom. The Kier molecular flexibility index (Phi) is 7.98. The molecule has 2 fully saturated rings. The summed E-state index contributed by atoms with van der Waals surface area (Å²) in [6.07, 6.45) is 7.26. The number of hydrogen-bond acceptors (Lipinski definition) is 5. The fraction of sp³-hybridized carbons (Fsp3) is 0.633. The number of hydrogen-bond donors (Lipinski definition) is 0. The van der Waals surface area contributed by atoms with Crippen molar-refractivity contribution in [2.75, 3.05) is 26.2 Å². The van der Waals surface area contributed by atoms with E-state index in [0.29, 0.717) is 25.2 Å². The standard InChI is InChI=1S/C30H41N3O4/c1-20-7-4-8-24(17-20)37-23-13-15-32(16-14-23)28(34)12-6-11-27-25-9-5-10-26(25)29(31-27)30(35)33-18-21(2)36-22(3)19-33/h4,7-8,17,21-23,27H,5-6,9-16,18-19H2,1-3H3/t21-,22+,27?. The molecular weight excluding hydrogens is 466 g/mol. The van der Waals surface area contributed by atoms with Crippen LogP contribution in [0.25, 0.3) is 0 Å². The van der Waals surface area contributed by atoms with Gasteiger partial charge in [0.2, 0.25) is 5.91 Å². The van der Waals surface area contributed by atoms with Crippen LogP contribution in [0.2, 0.25) is 0 Å². The maximum Gasteiger partial charge on any atom is 0.272 e. The molecule has 7 nitrogen and oxygen atoms in total. The molecule has 7 heteroatoms. The van der Waals surface area contributed by atoms with Crippen molar-refractivity contribution in [2.24, 2.45) is 4.99 Å². The van der Waals surface area contributed by atoms with E-state index in [4.69, 9.17) is 14.5 Å². The fourth-order valence-electron chi connectivity index (χ4n) is 6.34. The third kappa shape index (κ3) is 6.08. The van der Waals surface area contributed by atoms with E-state index in [9.17, 15) is 9.59 Å². The van der Waals surface area contributed by atoms with Crippen LogP contribution >= 0.6 is 0 Å². The fourth-order valence-corrected chi connectivity index (χ4v) is 6.34. The first-order chi connectivity index (χ1) is 17.9. The van der Waals surface area contributed by atoms with Crippen LogP contribution in [0.4, 0.5) is 0 Å². The highest BCUT2D eigenvalue weighted by atomic mass is 16.5. The van der Waals surface area contributed by atoms with E-state index in [0.717, 1.165) is 63.8 Å². The van der Waals surface area contributed by atoms with Gasteiger partial charge < -0.3 is 19.3 Å². The van der Waals surface area contributed by atoms with Gasteiger partial charge in [0.15, 0.2) is 0 Å². The maximum atomic E-state index is 13.4. The number of piperidine rings is 1. The van der Waals surface area contributed by atoms with Gasteiger partial charge in [-0.1, -0.05) is 12.1 Å². The molecule has 37 heavy (non-hydrogen) atoms. The molecule has 3 atom stereocenters. The lowest BCUT2D eigenvalue weighted by Gasteiger charge is -2.35. The Morgan fingerprint density at radius 1 is 1.08 bits per heavy atom. The van der Waals surface area contributed by atoms with Crippen LogP contribution < -0.4 is 4.74 Å². The molecule has 0 radical (unpaired) electrons. The van der Waals surface area contributed by atoms with Gasteiger partial charge in [0.25, 0.3) is 5.91 Å². The molecule has 4 aliphatic rings. The first-order valence-corrected chi connectivity index (χ1v) is 14.1. The van der Waals surface area contributed by atoms with Crippen molar-refractivity contribution in [1.29, 1.82) is 0 Å². The predicted molar refractivity (Wildman–Crippen MR) is 144 cm³/mol. The van der Waals surface area contributed by atoms with Crippen LogP contribution in [0.15, 0.2) is 40.4 Å². The number of benzene rings is 1. The lowest BCUT2D eigenvalue weighted by atomic mass is 9.99.